The van der Waals surface area contributed by atoms with Gasteiger partial charge in [0.1, 0.15) is 0 Å². The summed E-state index contributed by atoms with van der Waals surface area (Å²) in [5.41, 5.74) is 2.84. The van der Waals surface area contributed by atoms with Crippen LogP contribution in [0.3, 0.4) is 0 Å². The smallest absolute Gasteiger partial charge is 0.0449 e. The van der Waals surface area contributed by atoms with Crippen molar-refractivity contribution < 1.29 is 0 Å². The van der Waals surface area contributed by atoms with Crippen molar-refractivity contribution in [3.05, 3.63) is 35.4 Å². The SMILES string of the molecule is CCC1CCCCN1CC(NC)c1ccccc1C. The molecule has 0 amide bonds. The molecule has 1 aromatic carbocycles. The fourth-order valence-corrected chi connectivity index (χ4v) is 3.32. The Kier molecular flexibility index (Phi) is 5.41. The maximum Gasteiger partial charge on any atom is 0.0449 e. The van der Waals surface area contributed by atoms with Crippen LogP contribution in [0.15, 0.2) is 24.3 Å². The second-order valence-electron chi connectivity index (χ2n) is 5.75. The monoisotopic (exact) mass is 260 g/mol. The van der Waals surface area contributed by atoms with Gasteiger partial charge in [-0.1, -0.05) is 37.6 Å². The average molecular weight is 260 g/mol. The molecule has 19 heavy (non-hydrogen) atoms. The van der Waals surface area contributed by atoms with Crippen LogP contribution in [0, 0.1) is 6.92 Å². The normalized spacial score (nSPS) is 22.4. The lowest BCUT2D eigenvalue weighted by Crippen LogP contribution is -2.43. The second kappa shape index (κ2) is 7.06. The molecule has 0 bridgehead atoms. The largest absolute Gasteiger partial charge is 0.312 e. The Morgan fingerprint density at radius 3 is 2.79 bits per heavy atom. The van der Waals surface area contributed by atoms with E-state index in [4.69, 9.17) is 0 Å². The highest BCUT2D eigenvalue weighted by atomic mass is 15.2. The first kappa shape index (κ1) is 14.5. The molecule has 2 heteroatoms. The Morgan fingerprint density at radius 1 is 1.32 bits per heavy atom. The Morgan fingerprint density at radius 2 is 2.11 bits per heavy atom. The molecule has 2 rings (SSSR count). The van der Waals surface area contributed by atoms with E-state index in [1.807, 2.05) is 0 Å². The van der Waals surface area contributed by atoms with E-state index in [0.29, 0.717) is 6.04 Å². The molecular weight excluding hydrogens is 232 g/mol. The van der Waals surface area contributed by atoms with Gasteiger partial charge >= 0.3 is 0 Å². The molecule has 1 aliphatic heterocycles. The molecule has 1 aliphatic rings. The lowest BCUT2D eigenvalue weighted by molar-refractivity contribution is 0.130. The van der Waals surface area contributed by atoms with Crippen LogP contribution in [0.4, 0.5) is 0 Å². The third-order valence-corrected chi connectivity index (χ3v) is 4.55. The summed E-state index contributed by atoms with van der Waals surface area (Å²) in [5, 5.41) is 3.51. The van der Waals surface area contributed by atoms with Gasteiger partial charge in [-0.3, -0.25) is 4.90 Å². The van der Waals surface area contributed by atoms with Gasteiger partial charge in [0.15, 0.2) is 0 Å². The highest BCUT2D eigenvalue weighted by Gasteiger charge is 2.24. The molecule has 106 valence electrons. The summed E-state index contributed by atoms with van der Waals surface area (Å²) in [6.45, 7) is 6.95. The molecule has 2 unspecified atom stereocenters. The Bertz CT molecular complexity index is 389. The minimum atomic E-state index is 0.452. The minimum Gasteiger partial charge on any atom is -0.312 e. The molecule has 0 spiro atoms. The van der Waals surface area contributed by atoms with E-state index in [1.54, 1.807) is 0 Å². The summed E-state index contributed by atoms with van der Waals surface area (Å²) in [7, 11) is 2.09. The van der Waals surface area contributed by atoms with Crippen LogP contribution in [-0.2, 0) is 0 Å². The Balaban J connectivity index is 2.08. The van der Waals surface area contributed by atoms with Crippen LogP contribution >= 0.6 is 0 Å². The highest BCUT2D eigenvalue weighted by Crippen LogP contribution is 2.24. The number of hydrogen-bond acceptors (Lipinski definition) is 2. The fraction of sp³-hybridized carbons (Fsp3) is 0.647. The molecule has 0 aliphatic carbocycles. The first-order valence-electron chi connectivity index (χ1n) is 7.73. The van der Waals surface area contributed by atoms with Crippen LogP contribution in [0.1, 0.15) is 49.8 Å². The minimum absolute atomic E-state index is 0.452. The van der Waals surface area contributed by atoms with Crippen molar-refractivity contribution in [3.8, 4) is 0 Å². The van der Waals surface area contributed by atoms with Crippen molar-refractivity contribution in [1.29, 1.82) is 0 Å². The van der Waals surface area contributed by atoms with Crippen molar-refractivity contribution in [2.24, 2.45) is 0 Å². The van der Waals surface area contributed by atoms with Crippen LogP contribution in [0.2, 0.25) is 0 Å². The summed E-state index contributed by atoms with van der Waals surface area (Å²) in [4.78, 5) is 2.69. The van der Waals surface area contributed by atoms with Crippen molar-refractivity contribution in [2.75, 3.05) is 20.1 Å². The van der Waals surface area contributed by atoms with Gasteiger partial charge in [-0.05, 0) is 50.9 Å². The van der Waals surface area contributed by atoms with Crippen molar-refractivity contribution in [2.45, 2.75) is 51.6 Å². The van der Waals surface area contributed by atoms with Gasteiger partial charge in [0.25, 0.3) is 0 Å². The molecule has 0 saturated carbocycles. The van der Waals surface area contributed by atoms with E-state index < -0.39 is 0 Å². The number of rotatable bonds is 5. The number of aryl methyl sites for hydroxylation is 1. The molecule has 2 atom stereocenters. The fourth-order valence-electron chi connectivity index (χ4n) is 3.32. The predicted octanol–water partition coefficient (Wildman–Crippen LogP) is 3.52. The van der Waals surface area contributed by atoms with Gasteiger partial charge in [-0.25, -0.2) is 0 Å². The van der Waals surface area contributed by atoms with E-state index >= 15 is 0 Å². The van der Waals surface area contributed by atoms with Gasteiger partial charge in [-0.2, -0.15) is 0 Å². The zero-order valence-electron chi connectivity index (χ0n) is 12.7. The molecule has 1 fully saturated rings. The first-order valence-corrected chi connectivity index (χ1v) is 7.73. The predicted molar refractivity (Wildman–Crippen MR) is 82.5 cm³/mol. The summed E-state index contributed by atoms with van der Waals surface area (Å²) >= 11 is 0. The zero-order chi connectivity index (χ0) is 13.7. The van der Waals surface area contributed by atoms with E-state index in [0.717, 1.165) is 12.6 Å². The maximum atomic E-state index is 3.51. The summed E-state index contributed by atoms with van der Waals surface area (Å²) in [5.74, 6) is 0. The maximum absolute atomic E-state index is 3.51. The summed E-state index contributed by atoms with van der Waals surface area (Å²) < 4.78 is 0. The lowest BCUT2D eigenvalue weighted by Gasteiger charge is -2.37. The topological polar surface area (TPSA) is 15.3 Å². The van der Waals surface area contributed by atoms with Crippen molar-refractivity contribution in [3.63, 3.8) is 0 Å². The number of likely N-dealkylation sites (N-methyl/N-ethyl adjacent to an activating group) is 1. The average Bonchev–Trinajstić information content (AvgIpc) is 2.46. The molecule has 1 saturated heterocycles. The highest BCUT2D eigenvalue weighted by molar-refractivity contribution is 5.29. The molecular formula is C17H28N2. The third-order valence-electron chi connectivity index (χ3n) is 4.55. The quantitative estimate of drug-likeness (QED) is 0.871. The van der Waals surface area contributed by atoms with Crippen LogP contribution in [0.5, 0.6) is 0 Å². The number of hydrogen-bond donors (Lipinski definition) is 1. The van der Waals surface area contributed by atoms with Crippen molar-refractivity contribution in [1.82, 2.24) is 10.2 Å². The van der Waals surface area contributed by atoms with E-state index in [2.05, 4.69) is 55.4 Å². The number of likely N-dealkylation sites (tertiary alicyclic amines) is 1. The Hall–Kier alpha value is -0.860. The van der Waals surface area contributed by atoms with Crippen molar-refractivity contribution >= 4 is 0 Å². The van der Waals surface area contributed by atoms with Crippen LogP contribution in [-0.4, -0.2) is 31.1 Å². The summed E-state index contributed by atoms with van der Waals surface area (Å²) in [6.07, 6.45) is 5.43. The second-order valence-corrected chi connectivity index (χ2v) is 5.75. The van der Waals surface area contributed by atoms with E-state index in [9.17, 15) is 0 Å². The third kappa shape index (κ3) is 3.58. The van der Waals surface area contributed by atoms with E-state index in [1.165, 1.54) is 43.4 Å². The first-order chi connectivity index (χ1) is 9.26. The molecule has 2 nitrogen and oxygen atoms in total. The van der Waals surface area contributed by atoms with Crippen LogP contribution < -0.4 is 5.32 Å². The molecule has 1 aromatic rings. The zero-order valence-corrected chi connectivity index (χ0v) is 12.7. The van der Waals surface area contributed by atoms with Crippen LogP contribution in [0.25, 0.3) is 0 Å². The number of piperidine rings is 1. The van der Waals surface area contributed by atoms with Gasteiger partial charge < -0.3 is 5.32 Å². The van der Waals surface area contributed by atoms with Gasteiger partial charge in [0, 0.05) is 18.6 Å². The van der Waals surface area contributed by atoms with Gasteiger partial charge in [-0.15, -0.1) is 0 Å². The molecule has 1 heterocycles. The lowest BCUT2D eigenvalue weighted by atomic mass is 9.96. The number of nitrogens with one attached hydrogen (secondary N) is 1. The molecule has 0 radical (unpaired) electrons. The molecule has 0 aromatic heterocycles. The molecule has 1 N–H and O–H groups in total. The van der Waals surface area contributed by atoms with Gasteiger partial charge in [0.05, 0.1) is 0 Å². The standard InChI is InChI=1S/C17H28N2/c1-4-15-10-7-8-12-19(15)13-17(18-3)16-11-6-5-9-14(16)2/h5-6,9,11,15,17-18H,4,7-8,10,12-13H2,1-3H3. The van der Waals surface area contributed by atoms with Gasteiger partial charge in [0.2, 0.25) is 0 Å². The number of nitrogens with zero attached hydrogens (tertiary/aromatic N) is 1. The number of benzene rings is 1. The van der Waals surface area contributed by atoms with E-state index in [-0.39, 0.29) is 0 Å². The Labute approximate surface area is 118 Å². The summed E-state index contributed by atoms with van der Waals surface area (Å²) in [6, 6.07) is 10.00.